The Labute approximate surface area is 232 Å². The maximum atomic E-state index is 5.26. The Hall–Kier alpha value is -5.13. The SMILES string of the molecule is c1ccc(-c2nc(-n3c4ccccc4c4c5ccccc5c5sc6ccccc6c5c43)nc3cccnc23)cc1. The quantitative estimate of drug-likeness (QED) is 0.225. The first-order chi connectivity index (χ1) is 19.9. The fraction of sp³-hybridized carbons (Fsp3) is 0. The Morgan fingerprint density at radius 2 is 1.30 bits per heavy atom. The van der Waals surface area contributed by atoms with Crippen LogP contribution in [0.2, 0.25) is 0 Å². The number of nitrogens with zero attached hydrogens (tertiary/aromatic N) is 4. The van der Waals surface area contributed by atoms with Crippen LogP contribution in [-0.2, 0) is 0 Å². The van der Waals surface area contributed by atoms with Gasteiger partial charge in [-0.1, -0.05) is 91.0 Å². The summed E-state index contributed by atoms with van der Waals surface area (Å²) in [5.41, 5.74) is 5.72. The van der Waals surface area contributed by atoms with Crippen molar-refractivity contribution in [2.24, 2.45) is 0 Å². The molecule has 0 saturated carbocycles. The molecule has 186 valence electrons. The van der Waals surface area contributed by atoms with Gasteiger partial charge in [0.25, 0.3) is 0 Å². The Morgan fingerprint density at radius 1 is 0.575 bits per heavy atom. The summed E-state index contributed by atoms with van der Waals surface area (Å²) < 4.78 is 4.84. The van der Waals surface area contributed by atoms with Crippen molar-refractivity contribution in [2.45, 2.75) is 0 Å². The Morgan fingerprint density at radius 3 is 2.17 bits per heavy atom. The molecule has 0 spiro atoms. The van der Waals surface area contributed by atoms with Gasteiger partial charge in [-0.3, -0.25) is 9.55 Å². The van der Waals surface area contributed by atoms with Crippen molar-refractivity contribution >= 4 is 75.1 Å². The van der Waals surface area contributed by atoms with Crippen LogP contribution in [0.25, 0.3) is 81.0 Å². The number of thiophene rings is 1. The molecule has 5 aromatic carbocycles. The summed E-state index contributed by atoms with van der Waals surface area (Å²) in [5, 5.41) is 7.47. The summed E-state index contributed by atoms with van der Waals surface area (Å²) in [5.74, 6) is 0.650. The molecule has 5 heteroatoms. The van der Waals surface area contributed by atoms with Gasteiger partial charge in [-0.2, -0.15) is 0 Å². The number of benzene rings is 5. The number of aromatic nitrogens is 4. The molecule has 0 unspecified atom stereocenters. The number of fused-ring (bicyclic) bond motifs is 11. The van der Waals surface area contributed by atoms with Crippen LogP contribution >= 0.6 is 11.3 Å². The zero-order valence-corrected chi connectivity index (χ0v) is 22.1. The van der Waals surface area contributed by atoms with E-state index in [0.29, 0.717) is 5.95 Å². The molecule has 0 bridgehead atoms. The third kappa shape index (κ3) is 2.92. The van der Waals surface area contributed by atoms with Gasteiger partial charge in [-0.05, 0) is 29.7 Å². The minimum Gasteiger partial charge on any atom is -0.277 e. The smallest absolute Gasteiger partial charge is 0.235 e. The zero-order valence-electron chi connectivity index (χ0n) is 21.2. The van der Waals surface area contributed by atoms with Gasteiger partial charge in [-0.25, -0.2) is 9.97 Å². The predicted octanol–water partition coefficient (Wildman–Crippen LogP) is 9.31. The molecule has 4 aromatic heterocycles. The summed E-state index contributed by atoms with van der Waals surface area (Å²) >= 11 is 1.86. The van der Waals surface area contributed by atoms with E-state index in [1.807, 2.05) is 47.9 Å². The largest absolute Gasteiger partial charge is 0.277 e. The molecule has 0 radical (unpaired) electrons. The third-order valence-corrected chi connectivity index (χ3v) is 9.04. The highest BCUT2D eigenvalue weighted by molar-refractivity contribution is 7.27. The Kier molecular flexibility index (Phi) is 4.45. The first-order valence-corrected chi connectivity index (χ1v) is 14.1. The van der Waals surface area contributed by atoms with Crippen LogP contribution in [-0.4, -0.2) is 19.5 Å². The molecule has 40 heavy (non-hydrogen) atoms. The van der Waals surface area contributed by atoms with E-state index < -0.39 is 0 Å². The van der Waals surface area contributed by atoms with Gasteiger partial charge < -0.3 is 0 Å². The molecule has 0 aliphatic rings. The molecule has 4 heterocycles. The minimum absolute atomic E-state index is 0.650. The third-order valence-electron chi connectivity index (χ3n) is 7.84. The maximum absolute atomic E-state index is 5.26. The van der Waals surface area contributed by atoms with E-state index in [-0.39, 0.29) is 0 Å². The molecule has 0 aliphatic carbocycles. The van der Waals surface area contributed by atoms with E-state index in [0.717, 1.165) is 33.3 Å². The van der Waals surface area contributed by atoms with Crippen LogP contribution in [0, 0.1) is 0 Å². The van der Waals surface area contributed by atoms with Crippen molar-refractivity contribution in [2.75, 3.05) is 0 Å². The van der Waals surface area contributed by atoms with Gasteiger partial charge >= 0.3 is 0 Å². The summed E-state index contributed by atoms with van der Waals surface area (Å²) in [4.78, 5) is 15.1. The van der Waals surface area contributed by atoms with E-state index in [1.165, 1.54) is 41.7 Å². The highest BCUT2D eigenvalue weighted by atomic mass is 32.1. The monoisotopic (exact) mass is 528 g/mol. The fourth-order valence-corrected chi connectivity index (χ4v) is 7.42. The highest BCUT2D eigenvalue weighted by Gasteiger charge is 2.23. The molecule has 0 amide bonds. The molecule has 0 saturated heterocycles. The maximum Gasteiger partial charge on any atom is 0.235 e. The van der Waals surface area contributed by atoms with E-state index in [4.69, 9.17) is 15.0 Å². The van der Waals surface area contributed by atoms with Crippen LogP contribution in [0.3, 0.4) is 0 Å². The first-order valence-electron chi connectivity index (χ1n) is 13.3. The first kappa shape index (κ1) is 21.8. The van der Waals surface area contributed by atoms with Crippen molar-refractivity contribution in [3.8, 4) is 17.2 Å². The van der Waals surface area contributed by atoms with Crippen molar-refractivity contribution in [1.82, 2.24) is 19.5 Å². The second kappa shape index (κ2) is 8.18. The lowest BCUT2D eigenvalue weighted by Gasteiger charge is -2.12. The van der Waals surface area contributed by atoms with Crippen molar-refractivity contribution in [3.05, 3.63) is 121 Å². The topological polar surface area (TPSA) is 43.6 Å². The molecule has 0 atom stereocenters. The summed E-state index contributed by atoms with van der Waals surface area (Å²) in [6, 6.07) is 40.4. The predicted molar refractivity (Wildman–Crippen MR) is 168 cm³/mol. The van der Waals surface area contributed by atoms with Crippen LogP contribution in [0.4, 0.5) is 0 Å². The highest BCUT2D eigenvalue weighted by Crippen LogP contribution is 2.47. The summed E-state index contributed by atoms with van der Waals surface area (Å²) in [7, 11) is 0. The van der Waals surface area contributed by atoms with Gasteiger partial charge in [-0.15, -0.1) is 11.3 Å². The molecule has 9 rings (SSSR count). The molecule has 4 nitrogen and oxygen atoms in total. The van der Waals surface area contributed by atoms with Crippen LogP contribution in [0.1, 0.15) is 0 Å². The molecular weight excluding hydrogens is 508 g/mol. The lowest BCUT2D eigenvalue weighted by molar-refractivity contribution is 1.01. The van der Waals surface area contributed by atoms with Crippen LogP contribution < -0.4 is 0 Å². The van der Waals surface area contributed by atoms with Gasteiger partial charge in [0, 0.05) is 48.1 Å². The number of hydrogen-bond acceptors (Lipinski definition) is 4. The summed E-state index contributed by atoms with van der Waals surface area (Å²) in [6.45, 7) is 0. The average molecular weight is 529 g/mol. The molecule has 9 aromatic rings. The van der Waals surface area contributed by atoms with Gasteiger partial charge in [0.2, 0.25) is 5.95 Å². The Bertz CT molecular complexity index is 2440. The van der Waals surface area contributed by atoms with E-state index in [2.05, 4.69) is 89.5 Å². The fourth-order valence-electron chi connectivity index (χ4n) is 6.18. The normalized spacial score (nSPS) is 12.0. The zero-order chi connectivity index (χ0) is 26.2. The molecule has 0 N–H and O–H groups in total. The van der Waals surface area contributed by atoms with Gasteiger partial charge in [0.1, 0.15) is 11.2 Å². The lowest BCUT2D eigenvalue weighted by atomic mass is 10.00. The van der Waals surface area contributed by atoms with Crippen molar-refractivity contribution in [1.29, 1.82) is 0 Å². The second-order valence-electron chi connectivity index (χ2n) is 10.0. The number of pyridine rings is 1. The molecular formula is C35H20N4S. The van der Waals surface area contributed by atoms with Gasteiger partial charge in [0.15, 0.2) is 0 Å². The van der Waals surface area contributed by atoms with Gasteiger partial charge in [0.05, 0.1) is 16.6 Å². The van der Waals surface area contributed by atoms with E-state index in [1.54, 1.807) is 0 Å². The second-order valence-corrected chi connectivity index (χ2v) is 11.1. The van der Waals surface area contributed by atoms with Crippen molar-refractivity contribution in [3.63, 3.8) is 0 Å². The number of para-hydroxylation sites is 1. The van der Waals surface area contributed by atoms with E-state index in [9.17, 15) is 0 Å². The number of rotatable bonds is 2. The molecule has 0 fully saturated rings. The minimum atomic E-state index is 0.650. The molecule has 0 aliphatic heterocycles. The lowest BCUT2D eigenvalue weighted by Crippen LogP contribution is -2.04. The standard InChI is InChI=1S/C35H20N4S/c1-2-11-21(12-3-1)31-32-26(17-10-20-36-32)37-35(38-31)39-27-18-8-6-15-24(27)29-22-13-4-5-14-23(22)34-30(33(29)39)25-16-7-9-19-28(25)40-34/h1-20H. The number of hydrogen-bond donors (Lipinski definition) is 0. The van der Waals surface area contributed by atoms with Crippen LogP contribution in [0.15, 0.2) is 121 Å². The Balaban J connectivity index is 1.55. The average Bonchev–Trinajstić information content (AvgIpc) is 3.58. The van der Waals surface area contributed by atoms with E-state index >= 15 is 0 Å². The van der Waals surface area contributed by atoms with Crippen molar-refractivity contribution < 1.29 is 0 Å². The summed E-state index contributed by atoms with van der Waals surface area (Å²) in [6.07, 6.45) is 1.81. The van der Waals surface area contributed by atoms with Crippen LogP contribution in [0.5, 0.6) is 0 Å².